The minimum Gasteiger partial charge on any atom is -0.476 e. The molecule has 1 heterocycles. The van der Waals surface area contributed by atoms with Gasteiger partial charge < -0.3 is 14.7 Å². The molecule has 0 aromatic heterocycles. The molecular formula is C6H7ClN2O4. The molecule has 0 bridgehead atoms. The van der Waals surface area contributed by atoms with Crippen molar-refractivity contribution in [2.24, 2.45) is 5.16 Å². The first kappa shape index (κ1) is 9.66. The van der Waals surface area contributed by atoms with E-state index in [0.717, 1.165) is 0 Å². The summed E-state index contributed by atoms with van der Waals surface area (Å²) in [7, 11) is 1.25. The molecule has 0 aliphatic carbocycles. The number of aliphatic carboxylic acids is 1. The second kappa shape index (κ2) is 3.99. The third-order valence-corrected chi connectivity index (χ3v) is 1.41. The Bertz CT molecular complexity index is 276. The largest absolute Gasteiger partial charge is 0.476 e. The zero-order chi connectivity index (χ0) is 9.84. The van der Waals surface area contributed by atoms with Crippen molar-refractivity contribution in [2.75, 3.05) is 13.8 Å². The van der Waals surface area contributed by atoms with Crippen LogP contribution in [0.25, 0.3) is 0 Å². The molecule has 1 aliphatic rings. The fourth-order valence-electron chi connectivity index (χ4n) is 0.743. The van der Waals surface area contributed by atoms with Gasteiger partial charge >= 0.3 is 5.97 Å². The predicted molar refractivity (Wildman–Crippen MR) is 43.8 cm³/mol. The summed E-state index contributed by atoms with van der Waals surface area (Å²) in [5.74, 6) is -1.16. The Morgan fingerprint density at radius 2 is 2.62 bits per heavy atom. The average Bonchev–Trinajstić information content (AvgIpc) is 2.46. The Hall–Kier alpha value is -1.43. The monoisotopic (exact) mass is 206 g/mol. The lowest BCUT2D eigenvalue weighted by Gasteiger charge is -2.00. The van der Waals surface area contributed by atoms with Gasteiger partial charge in [0.05, 0.1) is 6.20 Å². The van der Waals surface area contributed by atoms with Crippen LogP contribution in [0.4, 0.5) is 0 Å². The summed E-state index contributed by atoms with van der Waals surface area (Å²) in [6, 6.07) is 0. The van der Waals surface area contributed by atoms with Crippen molar-refractivity contribution in [3.05, 3.63) is 12.0 Å². The van der Waals surface area contributed by atoms with Crippen LogP contribution in [-0.2, 0) is 14.4 Å². The Morgan fingerprint density at radius 1 is 1.92 bits per heavy atom. The molecule has 0 spiro atoms. The second-order valence-electron chi connectivity index (χ2n) is 2.09. The van der Waals surface area contributed by atoms with Gasteiger partial charge in [0.15, 0.2) is 12.5 Å². The van der Waals surface area contributed by atoms with Crippen molar-refractivity contribution in [3.63, 3.8) is 0 Å². The highest BCUT2D eigenvalue weighted by molar-refractivity contribution is 6.41. The van der Waals surface area contributed by atoms with Crippen LogP contribution in [0.3, 0.4) is 0 Å². The van der Waals surface area contributed by atoms with E-state index in [-0.39, 0.29) is 18.2 Å². The Labute approximate surface area is 79.1 Å². The summed E-state index contributed by atoms with van der Waals surface area (Å²) in [6.45, 7) is 0.0902. The smallest absolute Gasteiger partial charge is 0.361 e. The lowest BCUT2D eigenvalue weighted by Crippen LogP contribution is -2.16. The summed E-state index contributed by atoms with van der Waals surface area (Å²) >= 11 is 5.50. The number of halogens is 1. The molecule has 0 aromatic rings. The molecule has 0 atom stereocenters. The van der Waals surface area contributed by atoms with Gasteiger partial charge in [0.2, 0.25) is 5.71 Å². The van der Waals surface area contributed by atoms with Gasteiger partial charge in [-0.2, -0.15) is 0 Å². The lowest BCUT2D eigenvalue weighted by molar-refractivity contribution is -0.129. The fraction of sp³-hybridized carbons (Fsp3) is 0.333. The molecule has 0 fully saturated rings. The summed E-state index contributed by atoms with van der Waals surface area (Å²) in [6.07, 6.45) is 1.31. The van der Waals surface area contributed by atoms with Crippen molar-refractivity contribution >= 4 is 23.5 Å². The van der Waals surface area contributed by atoms with Crippen LogP contribution in [-0.4, -0.2) is 35.0 Å². The summed E-state index contributed by atoms with van der Waals surface area (Å²) < 4.78 is 6.07. The molecule has 1 aliphatic heterocycles. The van der Waals surface area contributed by atoms with Crippen molar-refractivity contribution in [3.8, 4) is 0 Å². The molecule has 1 N–H and O–H groups in total. The van der Waals surface area contributed by atoms with Crippen molar-refractivity contribution < 1.29 is 19.5 Å². The van der Waals surface area contributed by atoms with Crippen LogP contribution < -0.4 is 0 Å². The zero-order valence-corrected chi connectivity index (χ0v) is 7.48. The fourth-order valence-corrected chi connectivity index (χ4v) is 0.881. The minimum atomic E-state index is -1.24. The molecule has 7 heteroatoms. The standard InChI is InChI=1S/C6H7ClN2O4/c1-12-8-5(6(10)11)4-2-9(7)3-13-4/h2H,3H2,1H3,(H,10,11)/b8-5-. The number of carbonyl (C=O) groups is 1. The van der Waals surface area contributed by atoms with Crippen molar-refractivity contribution in [1.29, 1.82) is 0 Å². The number of nitrogens with zero attached hydrogens (tertiary/aromatic N) is 2. The molecule has 0 amide bonds. The number of hydrogen-bond donors (Lipinski definition) is 1. The van der Waals surface area contributed by atoms with Gasteiger partial charge in [-0.3, -0.25) is 4.42 Å². The van der Waals surface area contributed by atoms with E-state index in [1.807, 2.05) is 0 Å². The van der Waals surface area contributed by atoms with Crippen LogP contribution >= 0.6 is 11.8 Å². The SMILES string of the molecule is CO/N=C(\C(=O)O)C1=CN(Cl)CO1. The minimum absolute atomic E-state index is 0.0735. The quantitative estimate of drug-likeness (QED) is 0.410. The van der Waals surface area contributed by atoms with Gasteiger partial charge in [-0.05, 0) is 0 Å². The van der Waals surface area contributed by atoms with Crippen LogP contribution in [0.2, 0.25) is 0 Å². The predicted octanol–water partition coefficient (Wildman–Crippen LogP) is 0.358. The highest BCUT2D eigenvalue weighted by Gasteiger charge is 2.23. The first-order chi connectivity index (χ1) is 6.15. The average molecular weight is 207 g/mol. The molecule has 1 rings (SSSR count). The van der Waals surface area contributed by atoms with Gasteiger partial charge in [0, 0.05) is 11.8 Å². The lowest BCUT2D eigenvalue weighted by atomic mass is 10.3. The van der Waals surface area contributed by atoms with E-state index in [1.54, 1.807) is 0 Å². The van der Waals surface area contributed by atoms with E-state index >= 15 is 0 Å². The number of ether oxygens (including phenoxy) is 1. The van der Waals surface area contributed by atoms with Crippen molar-refractivity contribution in [2.45, 2.75) is 0 Å². The number of oxime groups is 1. The summed E-state index contributed by atoms with van der Waals surface area (Å²) in [4.78, 5) is 14.9. The first-order valence-corrected chi connectivity index (χ1v) is 3.61. The highest BCUT2D eigenvalue weighted by atomic mass is 35.5. The van der Waals surface area contributed by atoms with E-state index in [9.17, 15) is 4.79 Å². The number of hydrogen-bond acceptors (Lipinski definition) is 5. The second-order valence-corrected chi connectivity index (χ2v) is 2.53. The summed E-state index contributed by atoms with van der Waals surface area (Å²) in [5.41, 5.74) is -0.314. The molecule has 72 valence electrons. The van der Waals surface area contributed by atoms with Crippen LogP contribution in [0, 0.1) is 0 Å². The van der Waals surface area contributed by atoms with Crippen molar-refractivity contribution in [1.82, 2.24) is 4.42 Å². The van der Waals surface area contributed by atoms with Gasteiger partial charge in [-0.1, -0.05) is 5.16 Å². The maximum Gasteiger partial charge on any atom is 0.361 e. The maximum atomic E-state index is 10.6. The molecule has 13 heavy (non-hydrogen) atoms. The molecule has 0 aromatic carbocycles. The molecule has 0 saturated heterocycles. The topological polar surface area (TPSA) is 71.4 Å². The third-order valence-electron chi connectivity index (χ3n) is 1.22. The Balaban J connectivity index is 2.83. The highest BCUT2D eigenvalue weighted by Crippen LogP contribution is 2.14. The number of rotatable bonds is 3. The molecule has 0 saturated carbocycles. The number of carboxylic acids is 1. The van der Waals surface area contributed by atoms with E-state index in [0.29, 0.717) is 0 Å². The van der Waals surface area contributed by atoms with Crippen LogP contribution in [0.15, 0.2) is 17.1 Å². The summed E-state index contributed by atoms with van der Waals surface area (Å²) in [5, 5.41) is 11.9. The van der Waals surface area contributed by atoms with E-state index in [2.05, 4.69) is 9.99 Å². The first-order valence-electron chi connectivity index (χ1n) is 3.27. The molecule has 0 radical (unpaired) electrons. The molecule has 0 unspecified atom stereocenters. The van der Waals surface area contributed by atoms with Gasteiger partial charge in [0.25, 0.3) is 0 Å². The van der Waals surface area contributed by atoms with Gasteiger partial charge in [0.1, 0.15) is 7.11 Å². The molecular weight excluding hydrogens is 200 g/mol. The Morgan fingerprint density at radius 3 is 3.00 bits per heavy atom. The third kappa shape index (κ3) is 2.25. The zero-order valence-electron chi connectivity index (χ0n) is 6.73. The normalized spacial score (nSPS) is 16.6. The number of carboxylic acid groups (broad SMARTS) is 1. The maximum absolute atomic E-state index is 10.6. The van der Waals surface area contributed by atoms with Crippen LogP contribution in [0.5, 0.6) is 0 Å². The van der Waals surface area contributed by atoms with Crippen LogP contribution in [0.1, 0.15) is 0 Å². The van der Waals surface area contributed by atoms with Gasteiger partial charge in [-0.15, -0.1) is 0 Å². The Kier molecular flexibility index (Phi) is 2.97. The van der Waals surface area contributed by atoms with E-state index < -0.39 is 5.97 Å². The van der Waals surface area contributed by atoms with Gasteiger partial charge in [-0.25, -0.2) is 4.79 Å². The van der Waals surface area contributed by atoms with E-state index in [1.165, 1.54) is 17.7 Å². The molecule has 6 nitrogen and oxygen atoms in total. The van der Waals surface area contributed by atoms with E-state index in [4.69, 9.17) is 21.6 Å².